The normalized spacial score (nSPS) is 21.5. The molecule has 0 aromatic heterocycles. The minimum atomic E-state index is -4.34. The summed E-state index contributed by atoms with van der Waals surface area (Å²) in [6.45, 7) is 1.43. The summed E-state index contributed by atoms with van der Waals surface area (Å²) >= 11 is 5.94. The lowest BCUT2D eigenvalue weighted by Gasteiger charge is -2.26. The van der Waals surface area contributed by atoms with Crippen molar-refractivity contribution < 1.29 is 13.2 Å². The second-order valence-corrected chi connectivity index (χ2v) is 4.65. The van der Waals surface area contributed by atoms with Gasteiger partial charge in [-0.1, -0.05) is 17.7 Å². The van der Waals surface area contributed by atoms with Gasteiger partial charge in [-0.25, -0.2) is 0 Å². The monoisotopic (exact) mass is 263 g/mol. The highest BCUT2D eigenvalue weighted by Gasteiger charge is 2.36. The molecule has 0 aliphatic carbocycles. The van der Waals surface area contributed by atoms with E-state index in [9.17, 15) is 13.2 Å². The smallest absolute Gasteiger partial charge is 0.316 e. The second kappa shape index (κ2) is 4.86. The van der Waals surface area contributed by atoms with Crippen LogP contribution in [0.4, 0.5) is 13.2 Å². The van der Waals surface area contributed by atoms with Crippen molar-refractivity contribution in [1.82, 2.24) is 5.32 Å². The first-order valence-electron chi connectivity index (χ1n) is 5.56. The van der Waals surface area contributed by atoms with E-state index in [1.54, 1.807) is 0 Å². The van der Waals surface area contributed by atoms with E-state index in [-0.39, 0.29) is 16.5 Å². The van der Waals surface area contributed by atoms with Crippen LogP contribution >= 0.6 is 11.6 Å². The Morgan fingerprint density at radius 1 is 1.29 bits per heavy atom. The molecule has 0 spiro atoms. The van der Waals surface area contributed by atoms with Gasteiger partial charge in [-0.05, 0) is 43.0 Å². The quantitative estimate of drug-likeness (QED) is 0.812. The summed E-state index contributed by atoms with van der Waals surface area (Å²) < 4.78 is 38.7. The van der Waals surface area contributed by atoms with E-state index in [1.165, 1.54) is 12.1 Å². The molecule has 5 heteroatoms. The maximum atomic E-state index is 12.9. The van der Waals surface area contributed by atoms with Gasteiger partial charge >= 0.3 is 6.18 Å². The molecule has 1 atom stereocenters. The van der Waals surface area contributed by atoms with E-state index in [0.717, 1.165) is 25.5 Å². The number of nitrogens with one attached hydrogen (secondary N) is 1. The summed E-state index contributed by atoms with van der Waals surface area (Å²) in [4.78, 5) is 0. The summed E-state index contributed by atoms with van der Waals surface area (Å²) in [5, 5.41) is 3.33. The van der Waals surface area contributed by atoms with Crippen molar-refractivity contribution in [2.45, 2.75) is 24.9 Å². The number of hydrogen-bond donors (Lipinski definition) is 1. The van der Waals surface area contributed by atoms with Gasteiger partial charge in [-0.15, -0.1) is 0 Å². The fourth-order valence-electron chi connectivity index (χ4n) is 2.30. The van der Waals surface area contributed by atoms with Crippen LogP contribution in [-0.2, 0) is 6.18 Å². The average Bonchev–Trinajstić information content (AvgIpc) is 2.28. The third-order valence-corrected chi connectivity index (χ3v) is 3.39. The highest BCUT2D eigenvalue weighted by Crippen LogP contribution is 2.40. The molecular weight excluding hydrogens is 251 g/mol. The molecule has 1 fully saturated rings. The van der Waals surface area contributed by atoms with Crippen LogP contribution in [-0.4, -0.2) is 13.1 Å². The fourth-order valence-corrected chi connectivity index (χ4v) is 2.63. The molecule has 94 valence electrons. The van der Waals surface area contributed by atoms with Crippen LogP contribution in [0.25, 0.3) is 0 Å². The Morgan fingerprint density at radius 2 is 2.06 bits per heavy atom. The number of piperidine rings is 1. The van der Waals surface area contributed by atoms with Gasteiger partial charge in [-0.2, -0.15) is 13.2 Å². The lowest BCUT2D eigenvalue weighted by atomic mass is 9.88. The number of rotatable bonds is 1. The maximum absolute atomic E-state index is 12.9. The molecule has 1 aliphatic rings. The van der Waals surface area contributed by atoms with Crippen molar-refractivity contribution in [3.05, 3.63) is 34.3 Å². The highest BCUT2D eigenvalue weighted by molar-refractivity contribution is 6.31. The molecule has 17 heavy (non-hydrogen) atoms. The van der Waals surface area contributed by atoms with Crippen molar-refractivity contribution in [3.63, 3.8) is 0 Å². The van der Waals surface area contributed by atoms with E-state index in [1.807, 2.05) is 0 Å². The average molecular weight is 264 g/mol. The first-order chi connectivity index (χ1) is 8.00. The van der Waals surface area contributed by atoms with Crippen LogP contribution in [0.15, 0.2) is 18.2 Å². The second-order valence-electron chi connectivity index (χ2n) is 4.24. The Morgan fingerprint density at radius 3 is 2.65 bits per heavy atom. The molecule has 0 saturated carbocycles. The Kier molecular flexibility index (Phi) is 3.64. The molecule has 1 unspecified atom stereocenters. The van der Waals surface area contributed by atoms with Crippen molar-refractivity contribution in [1.29, 1.82) is 0 Å². The lowest BCUT2D eigenvalue weighted by Crippen LogP contribution is -2.29. The number of alkyl halides is 3. The van der Waals surface area contributed by atoms with Crippen LogP contribution < -0.4 is 5.32 Å². The standard InChI is InChI=1S/C12H13ClF3N/c13-10-5-1-4-9(12(14,15)16)11(10)8-3-2-6-17-7-8/h1,4-5,8,17H,2-3,6-7H2. The highest BCUT2D eigenvalue weighted by atomic mass is 35.5. The van der Waals surface area contributed by atoms with Gasteiger partial charge in [0.25, 0.3) is 0 Å². The van der Waals surface area contributed by atoms with Crippen LogP contribution in [0.1, 0.15) is 29.9 Å². The molecular formula is C12H13ClF3N. The van der Waals surface area contributed by atoms with E-state index in [4.69, 9.17) is 11.6 Å². The summed E-state index contributed by atoms with van der Waals surface area (Å²) in [5.41, 5.74) is -0.354. The SMILES string of the molecule is FC(F)(F)c1cccc(Cl)c1C1CCCNC1. The molecule has 0 bridgehead atoms. The third-order valence-electron chi connectivity index (χ3n) is 3.06. The predicted octanol–water partition coefficient (Wildman–Crippen LogP) is 3.83. The predicted molar refractivity (Wildman–Crippen MR) is 61.3 cm³/mol. The Labute approximate surface area is 103 Å². The zero-order valence-electron chi connectivity index (χ0n) is 9.15. The molecule has 0 amide bonds. The Hall–Kier alpha value is -0.740. The summed E-state index contributed by atoms with van der Waals surface area (Å²) in [6, 6.07) is 3.99. The first kappa shape index (κ1) is 12.7. The number of halogens is 4. The maximum Gasteiger partial charge on any atom is 0.416 e. The van der Waals surface area contributed by atoms with Gasteiger partial charge in [0.15, 0.2) is 0 Å². The van der Waals surface area contributed by atoms with Crippen LogP contribution in [0.2, 0.25) is 5.02 Å². The molecule has 1 saturated heterocycles. The van der Waals surface area contributed by atoms with E-state index in [2.05, 4.69) is 5.32 Å². The summed E-state index contributed by atoms with van der Waals surface area (Å²) in [5.74, 6) is -0.144. The van der Waals surface area contributed by atoms with Crippen molar-refractivity contribution >= 4 is 11.6 Å². The lowest BCUT2D eigenvalue weighted by molar-refractivity contribution is -0.138. The fraction of sp³-hybridized carbons (Fsp3) is 0.500. The third kappa shape index (κ3) is 2.75. The Bertz CT molecular complexity index is 397. The minimum absolute atomic E-state index is 0.144. The molecule has 0 radical (unpaired) electrons. The number of benzene rings is 1. The van der Waals surface area contributed by atoms with Gasteiger partial charge in [0, 0.05) is 11.6 Å². The molecule has 1 aromatic rings. The zero-order chi connectivity index (χ0) is 12.5. The molecule has 1 N–H and O–H groups in total. The van der Waals surface area contributed by atoms with E-state index < -0.39 is 11.7 Å². The molecule has 1 aliphatic heterocycles. The first-order valence-corrected chi connectivity index (χ1v) is 5.94. The van der Waals surface area contributed by atoms with Gasteiger partial charge < -0.3 is 5.32 Å². The van der Waals surface area contributed by atoms with Gasteiger partial charge in [0.1, 0.15) is 0 Å². The van der Waals surface area contributed by atoms with Crippen molar-refractivity contribution in [2.24, 2.45) is 0 Å². The molecule has 1 aromatic carbocycles. The van der Waals surface area contributed by atoms with Crippen LogP contribution in [0.3, 0.4) is 0 Å². The van der Waals surface area contributed by atoms with E-state index >= 15 is 0 Å². The molecule has 1 nitrogen and oxygen atoms in total. The van der Waals surface area contributed by atoms with Crippen LogP contribution in [0, 0.1) is 0 Å². The van der Waals surface area contributed by atoms with Crippen molar-refractivity contribution in [3.8, 4) is 0 Å². The van der Waals surface area contributed by atoms with Gasteiger partial charge in [-0.3, -0.25) is 0 Å². The Balaban J connectivity index is 2.43. The van der Waals surface area contributed by atoms with Crippen LogP contribution in [0.5, 0.6) is 0 Å². The van der Waals surface area contributed by atoms with Gasteiger partial charge in [0.05, 0.1) is 5.56 Å². The van der Waals surface area contributed by atoms with E-state index in [0.29, 0.717) is 6.54 Å². The number of hydrogen-bond acceptors (Lipinski definition) is 1. The van der Waals surface area contributed by atoms with Gasteiger partial charge in [0.2, 0.25) is 0 Å². The largest absolute Gasteiger partial charge is 0.416 e. The topological polar surface area (TPSA) is 12.0 Å². The summed E-state index contributed by atoms with van der Waals surface area (Å²) in [6.07, 6.45) is -2.70. The summed E-state index contributed by atoms with van der Waals surface area (Å²) in [7, 11) is 0. The minimum Gasteiger partial charge on any atom is -0.316 e. The molecule has 1 heterocycles. The zero-order valence-corrected chi connectivity index (χ0v) is 9.91. The van der Waals surface area contributed by atoms with Crippen molar-refractivity contribution in [2.75, 3.05) is 13.1 Å². The molecule has 2 rings (SSSR count).